The molecule has 0 aliphatic rings. The number of unbranched alkanes of at least 4 members (excludes halogenated alkanes) is 1. The van der Waals surface area contributed by atoms with Gasteiger partial charge in [-0.05, 0) is 19.8 Å². The van der Waals surface area contributed by atoms with Crippen LogP contribution in [0.2, 0.25) is 0 Å². The van der Waals surface area contributed by atoms with Crippen molar-refractivity contribution in [3.63, 3.8) is 0 Å². The Morgan fingerprint density at radius 3 is 1.92 bits per heavy atom. The van der Waals surface area contributed by atoms with Gasteiger partial charge >= 0.3 is 0 Å². The molecule has 1 atom stereocenters. The Balaban J connectivity index is 0. The van der Waals surface area contributed by atoms with E-state index in [0.29, 0.717) is 6.04 Å². The van der Waals surface area contributed by atoms with Gasteiger partial charge in [-0.3, -0.25) is 4.79 Å². The van der Waals surface area contributed by atoms with Crippen LogP contribution in [0.25, 0.3) is 0 Å². The molecule has 0 aliphatic heterocycles. The van der Waals surface area contributed by atoms with E-state index in [2.05, 4.69) is 0 Å². The molecule has 0 spiro atoms. The van der Waals surface area contributed by atoms with Crippen molar-refractivity contribution in [2.75, 3.05) is 0 Å². The van der Waals surface area contributed by atoms with Crippen molar-refractivity contribution >= 4 is 6.47 Å². The molecule has 0 saturated carbocycles. The molecular weight excluding hydrogens is 170 g/mol. The van der Waals surface area contributed by atoms with Gasteiger partial charge in [0.15, 0.2) is 0 Å². The summed E-state index contributed by atoms with van der Waals surface area (Å²) in [6.45, 7) is 1.77. The molecule has 0 radical (unpaired) electrons. The van der Waals surface area contributed by atoms with E-state index in [9.17, 15) is 0 Å². The van der Waals surface area contributed by atoms with Gasteiger partial charge in [0.25, 0.3) is 6.47 Å². The third kappa shape index (κ3) is 24.6. The summed E-state index contributed by atoms with van der Waals surface area (Å²) in [4.78, 5) is 8.36. The summed E-state index contributed by atoms with van der Waals surface area (Å²) >= 11 is 0. The first kappa shape index (κ1) is 14.9. The van der Waals surface area contributed by atoms with E-state index in [1.807, 2.05) is 6.92 Å². The number of carboxylic acid groups (broad SMARTS) is 1. The third-order valence-electron chi connectivity index (χ3n) is 1.45. The van der Waals surface area contributed by atoms with Gasteiger partial charge in [0, 0.05) is 6.04 Å². The number of rotatable bonds is 5. The average Bonchev–Trinajstić information content (AvgIpc) is 1.99. The maximum atomic E-state index is 8.36. The summed E-state index contributed by atoms with van der Waals surface area (Å²) in [5.74, 6) is 0. The van der Waals surface area contributed by atoms with Crippen LogP contribution in [0.1, 0.15) is 32.6 Å². The first-order valence-electron chi connectivity index (χ1n) is 4.39. The second-order valence-corrected chi connectivity index (χ2v) is 3.03. The van der Waals surface area contributed by atoms with Crippen molar-refractivity contribution in [1.82, 2.24) is 0 Å². The van der Waals surface area contributed by atoms with Gasteiger partial charge in [-0.2, -0.15) is 0 Å². The molecule has 0 aromatic rings. The molecule has 0 aromatic heterocycles. The number of hydrogen-bond acceptors (Lipinski definition) is 4. The number of nitrogens with two attached hydrogens (primary N) is 3. The van der Waals surface area contributed by atoms with E-state index >= 15 is 0 Å². The molecule has 0 heterocycles. The van der Waals surface area contributed by atoms with Crippen LogP contribution < -0.4 is 17.2 Å². The van der Waals surface area contributed by atoms with Crippen LogP contribution in [0, 0.1) is 0 Å². The van der Waals surface area contributed by atoms with Crippen LogP contribution in [0.4, 0.5) is 0 Å². The molecule has 5 nitrogen and oxygen atoms in total. The third-order valence-corrected chi connectivity index (χ3v) is 1.45. The van der Waals surface area contributed by atoms with Crippen LogP contribution in [-0.2, 0) is 4.79 Å². The Labute approximate surface area is 79.3 Å². The second kappa shape index (κ2) is 11.4. The molecule has 7 N–H and O–H groups in total. The number of hydrogen-bond donors (Lipinski definition) is 4. The molecule has 0 aromatic carbocycles. The van der Waals surface area contributed by atoms with E-state index in [0.717, 1.165) is 25.7 Å². The number of carbonyl (C=O) groups is 1. The lowest BCUT2D eigenvalue weighted by atomic mass is 10.1. The fraction of sp³-hybridized carbons (Fsp3) is 0.875. The highest BCUT2D eigenvalue weighted by atomic mass is 16.3. The first-order chi connectivity index (χ1) is 6.04. The predicted molar refractivity (Wildman–Crippen MR) is 53.0 cm³/mol. The van der Waals surface area contributed by atoms with Gasteiger partial charge < -0.3 is 22.3 Å². The zero-order chi connectivity index (χ0) is 10.7. The minimum Gasteiger partial charge on any atom is -0.483 e. The van der Waals surface area contributed by atoms with Gasteiger partial charge in [-0.15, -0.1) is 0 Å². The van der Waals surface area contributed by atoms with Crippen LogP contribution in [0.15, 0.2) is 0 Å². The van der Waals surface area contributed by atoms with Crippen LogP contribution in [-0.4, -0.2) is 23.8 Å². The molecule has 0 bridgehead atoms. The van der Waals surface area contributed by atoms with Gasteiger partial charge in [0.1, 0.15) is 0 Å². The van der Waals surface area contributed by atoms with E-state index in [1.54, 1.807) is 0 Å². The SMILES string of the molecule is CC(N)CCCCC(N)N.O=CO. The van der Waals surface area contributed by atoms with E-state index in [1.165, 1.54) is 0 Å². The fourth-order valence-corrected chi connectivity index (χ4v) is 0.846. The van der Waals surface area contributed by atoms with Gasteiger partial charge in [0.05, 0.1) is 6.17 Å². The minimum atomic E-state index is -0.250. The maximum Gasteiger partial charge on any atom is 0.290 e. The summed E-state index contributed by atoms with van der Waals surface area (Å²) in [6.07, 6.45) is 4.08. The van der Waals surface area contributed by atoms with Crippen molar-refractivity contribution < 1.29 is 9.90 Å². The molecule has 1 unspecified atom stereocenters. The smallest absolute Gasteiger partial charge is 0.290 e. The molecule has 0 amide bonds. The lowest BCUT2D eigenvalue weighted by Gasteiger charge is -2.06. The van der Waals surface area contributed by atoms with E-state index < -0.39 is 0 Å². The normalized spacial score (nSPS) is 11.8. The molecule has 13 heavy (non-hydrogen) atoms. The molecule has 80 valence electrons. The Morgan fingerprint density at radius 1 is 1.23 bits per heavy atom. The average molecular weight is 191 g/mol. The van der Waals surface area contributed by atoms with Crippen molar-refractivity contribution in [3.8, 4) is 0 Å². The lowest BCUT2D eigenvalue weighted by molar-refractivity contribution is -0.122. The predicted octanol–water partition coefficient (Wildman–Crippen LogP) is -0.162. The van der Waals surface area contributed by atoms with E-state index in [-0.39, 0.29) is 12.6 Å². The van der Waals surface area contributed by atoms with Crippen molar-refractivity contribution in [3.05, 3.63) is 0 Å². The highest BCUT2D eigenvalue weighted by Gasteiger charge is 1.96. The zero-order valence-electron chi connectivity index (χ0n) is 8.15. The largest absolute Gasteiger partial charge is 0.483 e. The molecule has 5 heteroatoms. The lowest BCUT2D eigenvalue weighted by Crippen LogP contribution is -2.30. The summed E-state index contributed by atoms with van der Waals surface area (Å²) in [7, 11) is 0. The minimum absolute atomic E-state index is 0.145. The first-order valence-corrected chi connectivity index (χ1v) is 4.39. The second-order valence-electron chi connectivity index (χ2n) is 3.03. The monoisotopic (exact) mass is 191 g/mol. The van der Waals surface area contributed by atoms with Crippen LogP contribution in [0.5, 0.6) is 0 Å². The van der Waals surface area contributed by atoms with Crippen LogP contribution in [0.3, 0.4) is 0 Å². The highest BCUT2D eigenvalue weighted by molar-refractivity contribution is 5.32. The molecule has 0 fully saturated rings. The molecule has 0 rings (SSSR count). The summed E-state index contributed by atoms with van der Waals surface area (Å²) < 4.78 is 0. The van der Waals surface area contributed by atoms with Crippen LogP contribution >= 0.6 is 0 Å². The standard InChI is InChI=1S/C7H19N3.CH2O2/c1-6(8)4-2-3-5-7(9)10;2-1-3/h6-7H,2-5,8-10H2,1H3;1H,(H,2,3). The van der Waals surface area contributed by atoms with Gasteiger partial charge in [-0.25, -0.2) is 0 Å². The Bertz CT molecular complexity index is 97.6. The maximum absolute atomic E-state index is 8.36. The van der Waals surface area contributed by atoms with Crippen molar-refractivity contribution in [1.29, 1.82) is 0 Å². The van der Waals surface area contributed by atoms with E-state index in [4.69, 9.17) is 27.1 Å². The Kier molecular flexibility index (Phi) is 13.0. The Hall–Kier alpha value is -0.650. The van der Waals surface area contributed by atoms with Crippen molar-refractivity contribution in [2.24, 2.45) is 17.2 Å². The topological polar surface area (TPSA) is 115 Å². The van der Waals surface area contributed by atoms with Gasteiger partial charge in [0.2, 0.25) is 0 Å². The summed E-state index contributed by atoms with van der Waals surface area (Å²) in [5, 5.41) is 6.89. The fourth-order valence-electron chi connectivity index (χ4n) is 0.846. The van der Waals surface area contributed by atoms with Gasteiger partial charge in [-0.1, -0.05) is 12.8 Å². The molecule has 0 aliphatic carbocycles. The van der Waals surface area contributed by atoms with Crippen molar-refractivity contribution in [2.45, 2.75) is 44.8 Å². The quantitative estimate of drug-likeness (QED) is 0.274. The molecular formula is C8H21N3O2. The molecule has 0 saturated heterocycles. The zero-order valence-corrected chi connectivity index (χ0v) is 8.15. The summed E-state index contributed by atoms with van der Waals surface area (Å²) in [6, 6.07) is 0.314. The highest BCUT2D eigenvalue weighted by Crippen LogP contribution is 2.01. The Morgan fingerprint density at radius 2 is 1.62 bits per heavy atom. The summed E-state index contributed by atoms with van der Waals surface area (Å²) in [5.41, 5.74) is 16.3.